The largest absolute Gasteiger partial charge is 0.284 e. The summed E-state index contributed by atoms with van der Waals surface area (Å²) >= 11 is 6.12. The van der Waals surface area contributed by atoms with E-state index in [4.69, 9.17) is 16.6 Å². The molecule has 0 spiro atoms. The van der Waals surface area contributed by atoms with Crippen LogP contribution >= 0.6 is 11.6 Å². The van der Waals surface area contributed by atoms with Crippen molar-refractivity contribution in [2.75, 3.05) is 11.0 Å². The summed E-state index contributed by atoms with van der Waals surface area (Å²) < 4.78 is 29.0. The fraction of sp³-hybridized carbons (Fsp3) is 0.0357. The molecule has 1 N–H and O–H groups in total. The summed E-state index contributed by atoms with van der Waals surface area (Å²) in [5.74, 6) is 0.387. The van der Waals surface area contributed by atoms with Crippen molar-refractivity contribution < 1.29 is 8.42 Å². The molecule has 3 aromatic carbocycles. The van der Waals surface area contributed by atoms with Gasteiger partial charge >= 0.3 is 0 Å². The van der Waals surface area contributed by atoms with E-state index in [0.717, 1.165) is 11.8 Å². The first kappa shape index (κ1) is 25.4. The third-order valence-electron chi connectivity index (χ3n) is 6.08. The number of aromatic nitrogens is 6. The molecule has 40 heavy (non-hydrogen) atoms. The Balaban J connectivity index is 1.55. The Labute approximate surface area is 233 Å². The maximum Gasteiger partial charge on any atom is 0.269 e. The molecule has 0 unspecified atom stereocenters. The van der Waals surface area contributed by atoms with Gasteiger partial charge < -0.3 is 0 Å². The van der Waals surface area contributed by atoms with Gasteiger partial charge in [0.2, 0.25) is 10.0 Å². The first-order valence-corrected chi connectivity index (χ1v) is 14.3. The minimum atomic E-state index is -3.48. The molecule has 0 amide bonds. The van der Waals surface area contributed by atoms with Crippen LogP contribution in [0.15, 0.2) is 102 Å². The van der Waals surface area contributed by atoms with Crippen LogP contribution in [0.4, 0.5) is 5.69 Å². The van der Waals surface area contributed by atoms with Gasteiger partial charge in [0.05, 0.1) is 41.4 Å². The van der Waals surface area contributed by atoms with Gasteiger partial charge in [-0.15, -0.1) is 0 Å². The van der Waals surface area contributed by atoms with Crippen LogP contribution in [0.1, 0.15) is 0 Å². The molecule has 0 aliphatic carbocycles. The molecule has 12 heteroatoms. The number of halogens is 1. The second kappa shape index (κ2) is 10.0. The number of fused-ring (bicyclic) bond motifs is 1. The number of hydrogen-bond acceptors (Lipinski definition) is 7. The summed E-state index contributed by atoms with van der Waals surface area (Å²) in [4.78, 5) is 27.3. The van der Waals surface area contributed by atoms with Crippen LogP contribution in [0, 0.1) is 0 Å². The summed E-state index contributed by atoms with van der Waals surface area (Å²) in [6.07, 6.45) is 7.44. The molecule has 0 aliphatic heterocycles. The first-order valence-electron chi connectivity index (χ1n) is 12.0. The van der Waals surface area contributed by atoms with Crippen molar-refractivity contribution >= 4 is 38.3 Å². The van der Waals surface area contributed by atoms with Crippen molar-refractivity contribution in [3.63, 3.8) is 0 Å². The zero-order valence-electron chi connectivity index (χ0n) is 20.9. The van der Waals surface area contributed by atoms with Crippen LogP contribution in [0.5, 0.6) is 0 Å². The van der Waals surface area contributed by atoms with Crippen molar-refractivity contribution in [2.45, 2.75) is 0 Å². The summed E-state index contributed by atoms with van der Waals surface area (Å²) in [5.41, 5.74) is 3.73. The molecular weight excluding hydrogens is 550 g/mol. The normalized spacial score (nSPS) is 11.6. The van der Waals surface area contributed by atoms with Crippen LogP contribution < -0.4 is 10.3 Å². The highest BCUT2D eigenvalue weighted by molar-refractivity contribution is 7.92. The van der Waals surface area contributed by atoms with E-state index in [1.165, 1.54) is 15.4 Å². The van der Waals surface area contributed by atoms with Gasteiger partial charge in [0.15, 0.2) is 5.65 Å². The highest BCUT2D eigenvalue weighted by atomic mass is 35.5. The van der Waals surface area contributed by atoms with Gasteiger partial charge in [-0.05, 0) is 42.5 Å². The molecule has 0 saturated heterocycles. The van der Waals surface area contributed by atoms with E-state index in [1.807, 2.05) is 24.3 Å². The zero-order valence-corrected chi connectivity index (χ0v) is 22.5. The third-order valence-corrected chi connectivity index (χ3v) is 6.94. The summed E-state index contributed by atoms with van der Waals surface area (Å²) in [6, 6.07) is 21.1. The maximum absolute atomic E-state index is 13.9. The van der Waals surface area contributed by atoms with Crippen LogP contribution in [-0.4, -0.2) is 44.0 Å². The number of benzene rings is 3. The standard InChI is InChI=1S/C28H20ClN7O3S/c1-40(38,39)34-21-3-2-4-23(15-21)36-27-24(16-32-36)28(37)35(22-11-9-20(29)10-12-22)26(33-27)19-7-5-18(6-8-19)25-17-30-13-14-31-25/h2-17,34H,1H3. The van der Waals surface area contributed by atoms with Gasteiger partial charge in [-0.2, -0.15) is 5.10 Å². The Morgan fingerprint density at radius 2 is 1.62 bits per heavy atom. The van der Waals surface area contributed by atoms with E-state index in [2.05, 4.69) is 19.8 Å². The van der Waals surface area contributed by atoms with Crippen molar-refractivity contribution in [2.24, 2.45) is 0 Å². The maximum atomic E-state index is 13.9. The Hall–Kier alpha value is -4.87. The Morgan fingerprint density at radius 1 is 0.875 bits per heavy atom. The van der Waals surface area contributed by atoms with E-state index in [-0.39, 0.29) is 10.9 Å². The zero-order chi connectivity index (χ0) is 27.9. The lowest BCUT2D eigenvalue weighted by atomic mass is 10.1. The number of nitrogens with one attached hydrogen (secondary N) is 1. The summed E-state index contributed by atoms with van der Waals surface area (Å²) in [5, 5.41) is 5.26. The Bertz CT molecular complexity index is 2020. The van der Waals surface area contributed by atoms with Crippen LogP contribution in [0.2, 0.25) is 5.02 Å². The van der Waals surface area contributed by atoms with E-state index < -0.39 is 10.0 Å². The Morgan fingerprint density at radius 3 is 2.33 bits per heavy atom. The fourth-order valence-electron chi connectivity index (χ4n) is 4.33. The van der Waals surface area contributed by atoms with E-state index in [9.17, 15) is 13.2 Å². The topological polar surface area (TPSA) is 125 Å². The summed E-state index contributed by atoms with van der Waals surface area (Å²) in [6.45, 7) is 0. The lowest BCUT2D eigenvalue weighted by molar-refractivity contribution is 0.607. The van der Waals surface area contributed by atoms with E-state index in [1.54, 1.807) is 67.1 Å². The van der Waals surface area contributed by atoms with Crippen LogP contribution in [-0.2, 0) is 10.0 Å². The monoisotopic (exact) mass is 569 g/mol. The molecule has 0 saturated carbocycles. The first-order chi connectivity index (χ1) is 19.3. The second-order valence-corrected chi connectivity index (χ2v) is 11.1. The molecule has 6 rings (SSSR count). The van der Waals surface area contributed by atoms with Crippen LogP contribution in [0.25, 0.3) is 45.1 Å². The minimum Gasteiger partial charge on any atom is -0.284 e. The molecule has 6 aromatic rings. The predicted octanol–water partition coefficient (Wildman–Crippen LogP) is 4.72. The van der Waals surface area contributed by atoms with Crippen LogP contribution in [0.3, 0.4) is 0 Å². The highest BCUT2D eigenvalue weighted by Gasteiger charge is 2.19. The molecule has 198 valence electrons. The molecule has 10 nitrogen and oxygen atoms in total. The molecular formula is C28H20ClN7O3S. The molecule has 0 bridgehead atoms. The number of rotatable bonds is 6. The average molecular weight is 570 g/mol. The van der Waals surface area contributed by atoms with Crippen molar-refractivity contribution in [3.8, 4) is 34.0 Å². The molecule has 3 aromatic heterocycles. The van der Waals surface area contributed by atoms with Gasteiger partial charge in [-0.1, -0.05) is 41.9 Å². The number of anilines is 1. The lowest BCUT2D eigenvalue weighted by Crippen LogP contribution is -2.22. The lowest BCUT2D eigenvalue weighted by Gasteiger charge is -2.14. The van der Waals surface area contributed by atoms with E-state index >= 15 is 0 Å². The van der Waals surface area contributed by atoms with Gasteiger partial charge in [0.1, 0.15) is 11.2 Å². The quantitative estimate of drug-likeness (QED) is 0.308. The van der Waals surface area contributed by atoms with Gasteiger partial charge in [0, 0.05) is 28.5 Å². The van der Waals surface area contributed by atoms with Gasteiger partial charge in [-0.25, -0.2) is 18.1 Å². The predicted molar refractivity (Wildman–Crippen MR) is 154 cm³/mol. The molecule has 0 atom stereocenters. The number of nitrogens with zero attached hydrogens (tertiary/aromatic N) is 6. The van der Waals surface area contributed by atoms with Crippen molar-refractivity contribution in [1.82, 2.24) is 29.3 Å². The smallest absolute Gasteiger partial charge is 0.269 e. The molecule has 3 heterocycles. The van der Waals surface area contributed by atoms with Crippen molar-refractivity contribution in [3.05, 3.63) is 113 Å². The summed E-state index contributed by atoms with van der Waals surface area (Å²) in [7, 11) is -3.48. The number of hydrogen-bond donors (Lipinski definition) is 1. The van der Waals surface area contributed by atoms with Gasteiger partial charge in [0.25, 0.3) is 5.56 Å². The highest BCUT2D eigenvalue weighted by Crippen LogP contribution is 2.27. The Kier molecular flexibility index (Phi) is 6.37. The van der Waals surface area contributed by atoms with E-state index in [0.29, 0.717) is 44.8 Å². The molecule has 0 radical (unpaired) electrons. The fourth-order valence-corrected chi connectivity index (χ4v) is 5.01. The second-order valence-electron chi connectivity index (χ2n) is 8.94. The van der Waals surface area contributed by atoms with Crippen molar-refractivity contribution in [1.29, 1.82) is 0 Å². The van der Waals surface area contributed by atoms with Gasteiger partial charge in [-0.3, -0.25) is 24.1 Å². The molecule has 0 fully saturated rings. The third kappa shape index (κ3) is 4.95. The number of sulfonamides is 1. The minimum absolute atomic E-state index is 0.288. The SMILES string of the molecule is CS(=O)(=O)Nc1cccc(-n2ncc3c(=O)n(-c4ccc(Cl)cc4)c(-c4ccc(-c5cnccn5)cc4)nc32)c1. The average Bonchev–Trinajstić information content (AvgIpc) is 3.38. The molecule has 0 aliphatic rings.